The lowest BCUT2D eigenvalue weighted by atomic mass is 10.1. The summed E-state index contributed by atoms with van der Waals surface area (Å²) in [5, 5.41) is 8.54. The molecular formula is C37H39F3N4O7. The van der Waals surface area contributed by atoms with Gasteiger partial charge in [-0.2, -0.15) is 13.2 Å². The molecule has 0 fully saturated rings. The topological polar surface area (TPSA) is 116 Å². The molecule has 0 saturated carbocycles. The lowest BCUT2D eigenvalue weighted by Gasteiger charge is -2.28. The third kappa shape index (κ3) is 9.18. The van der Waals surface area contributed by atoms with Gasteiger partial charge in [0, 0.05) is 19.5 Å². The molecule has 2 heterocycles. The van der Waals surface area contributed by atoms with Gasteiger partial charge >= 0.3 is 18.4 Å². The van der Waals surface area contributed by atoms with E-state index >= 15 is 0 Å². The first-order valence-corrected chi connectivity index (χ1v) is 16.1. The molecule has 0 N–H and O–H groups in total. The Morgan fingerprint density at radius 3 is 2.08 bits per heavy atom. The standard InChI is InChI=1S/C37H39F3N4O7/c1-35(2,3)50-33(45)44(25-16-14-24(15-17-25)37(38,39)40)29-11-9-8-10-27(29)30-41-42-31(48-30)28-20-21-43(22-23-12-18-26(47-7)19-13-23)32(28)49-34(46)51-36(4,5)6/h8-19H,20-22H2,1-7H3. The number of hydrogen-bond acceptors (Lipinski definition) is 10. The number of carbonyl (C=O) groups is 2. The lowest BCUT2D eigenvalue weighted by molar-refractivity contribution is -0.137. The summed E-state index contributed by atoms with van der Waals surface area (Å²) in [5.74, 6) is 0.945. The minimum absolute atomic E-state index is 0.00112. The van der Waals surface area contributed by atoms with Crippen LogP contribution < -0.4 is 9.64 Å². The second-order valence-electron chi connectivity index (χ2n) is 13.7. The quantitative estimate of drug-likeness (QED) is 0.164. The zero-order valence-electron chi connectivity index (χ0n) is 29.3. The van der Waals surface area contributed by atoms with Crippen LogP contribution in [0.15, 0.2) is 83.1 Å². The van der Waals surface area contributed by atoms with Gasteiger partial charge in [-0.25, -0.2) is 14.5 Å². The van der Waals surface area contributed by atoms with E-state index in [1.54, 1.807) is 72.9 Å². The van der Waals surface area contributed by atoms with Crippen molar-refractivity contribution >= 4 is 29.2 Å². The van der Waals surface area contributed by atoms with Crippen molar-refractivity contribution in [2.45, 2.75) is 71.9 Å². The highest BCUT2D eigenvalue weighted by Gasteiger charge is 2.34. The monoisotopic (exact) mass is 708 g/mol. The summed E-state index contributed by atoms with van der Waals surface area (Å²) >= 11 is 0. The average molecular weight is 709 g/mol. The molecule has 1 aliphatic rings. The van der Waals surface area contributed by atoms with Crippen molar-refractivity contribution in [3.63, 3.8) is 0 Å². The van der Waals surface area contributed by atoms with Gasteiger partial charge in [0.2, 0.25) is 17.7 Å². The molecule has 0 aliphatic carbocycles. The van der Waals surface area contributed by atoms with Crippen molar-refractivity contribution in [2.75, 3.05) is 18.6 Å². The number of alkyl halides is 3. The minimum Gasteiger partial charge on any atom is -0.497 e. The first kappa shape index (κ1) is 36.7. The van der Waals surface area contributed by atoms with Gasteiger partial charge in [-0.05, 0) is 95.6 Å². The van der Waals surface area contributed by atoms with E-state index in [1.165, 1.54) is 12.1 Å². The average Bonchev–Trinajstić information content (AvgIpc) is 3.67. The molecule has 0 unspecified atom stereocenters. The van der Waals surface area contributed by atoms with Crippen LogP contribution in [0.3, 0.4) is 0 Å². The number of halogens is 3. The van der Waals surface area contributed by atoms with Crippen LogP contribution in [0.1, 0.15) is 65.0 Å². The summed E-state index contributed by atoms with van der Waals surface area (Å²) in [6.07, 6.45) is -5.94. The van der Waals surface area contributed by atoms with Crippen LogP contribution in [0.4, 0.5) is 34.1 Å². The van der Waals surface area contributed by atoms with Gasteiger partial charge in [0.15, 0.2) is 0 Å². The van der Waals surface area contributed by atoms with Gasteiger partial charge in [0.25, 0.3) is 0 Å². The number of rotatable bonds is 8. The number of anilines is 2. The number of benzene rings is 3. The van der Waals surface area contributed by atoms with Crippen molar-refractivity contribution in [3.8, 4) is 17.2 Å². The minimum atomic E-state index is -4.57. The summed E-state index contributed by atoms with van der Waals surface area (Å²) < 4.78 is 68.5. The molecule has 3 aromatic carbocycles. The van der Waals surface area contributed by atoms with Gasteiger partial charge in [0.05, 0.1) is 35.2 Å². The number of hydrogen-bond donors (Lipinski definition) is 0. The predicted molar refractivity (Wildman–Crippen MR) is 182 cm³/mol. The Labute approximate surface area is 293 Å². The van der Waals surface area contributed by atoms with Gasteiger partial charge < -0.3 is 28.3 Å². The second-order valence-corrected chi connectivity index (χ2v) is 13.7. The van der Waals surface area contributed by atoms with Crippen LogP contribution in [0, 0.1) is 0 Å². The van der Waals surface area contributed by atoms with E-state index < -0.39 is 35.2 Å². The molecule has 14 heteroatoms. The molecule has 270 valence electrons. The largest absolute Gasteiger partial charge is 0.515 e. The summed E-state index contributed by atoms with van der Waals surface area (Å²) in [4.78, 5) is 29.5. The molecule has 1 amide bonds. The molecule has 0 spiro atoms. The van der Waals surface area contributed by atoms with Gasteiger partial charge in [0.1, 0.15) is 17.0 Å². The summed E-state index contributed by atoms with van der Waals surface area (Å²) in [5.41, 5.74) is -0.605. The van der Waals surface area contributed by atoms with Crippen molar-refractivity contribution in [3.05, 3.63) is 95.7 Å². The number of ether oxygens (including phenoxy) is 4. The van der Waals surface area contributed by atoms with Crippen LogP contribution in [-0.4, -0.2) is 52.2 Å². The van der Waals surface area contributed by atoms with Crippen molar-refractivity contribution in [1.29, 1.82) is 0 Å². The molecule has 1 aliphatic heterocycles. The highest BCUT2D eigenvalue weighted by atomic mass is 19.4. The van der Waals surface area contributed by atoms with E-state index in [9.17, 15) is 22.8 Å². The Morgan fingerprint density at radius 2 is 1.47 bits per heavy atom. The molecular weight excluding hydrogens is 669 g/mol. The fraction of sp³-hybridized carbons (Fsp3) is 0.351. The zero-order chi connectivity index (χ0) is 37.1. The Bertz CT molecular complexity index is 1890. The van der Waals surface area contributed by atoms with Crippen LogP contribution in [0.2, 0.25) is 0 Å². The molecule has 1 aromatic heterocycles. The number of para-hydroxylation sites is 1. The van der Waals surface area contributed by atoms with E-state index in [1.807, 2.05) is 29.2 Å². The molecule has 0 bridgehead atoms. The number of carbonyl (C=O) groups excluding carboxylic acids is 2. The van der Waals surface area contributed by atoms with E-state index in [0.29, 0.717) is 36.4 Å². The zero-order valence-corrected chi connectivity index (χ0v) is 29.3. The van der Waals surface area contributed by atoms with Gasteiger partial charge in [-0.15, -0.1) is 10.2 Å². The maximum atomic E-state index is 13.6. The SMILES string of the molecule is COc1ccc(CN2CCC(c3nnc(-c4ccccc4N(C(=O)OC(C)(C)C)c4ccc(C(F)(F)F)cc4)o3)=C2OC(=O)OC(C)(C)C)cc1. The van der Waals surface area contributed by atoms with E-state index in [2.05, 4.69) is 10.2 Å². The Hall–Kier alpha value is -5.53. The first-order valence-electron chi connectivity index (χ1n) is 16.1. The van der Waals surface area contributed by atoms with E-state index in [4.69, 9.17) is 23.4 Å². The summed E-state index contributed by atoms with van der Waals surface area (Å²) in [6.45, 7) is 11.0. The van der Waals surface area contributed by atoms with Crippen LogP contribution >= 0.6 is 0 Å². The lowest BCUT2D eigenvalue weighted by Crippen LogP contribution is -2.34. The molecule has 51 heavy (non-hydrogen) atoms. The van der Waals surface area contributed by atoms with E-state index in [0.717, 1.165) is 22.6 Å². The molecule has 0 radical (unpaired) electrons. The predicted octanol–water partition coefficient (Wildman–Crippen LogP) is 9.36. The van der Waals surface area contributed by atoms with Crippen molar-refractivity contribution in [2.24, 2.45) is 0 Å². The fourth-order valence-corrected chi connectivity index (χ4v) is 5.18. The highest BCUT2D eigenvalue weighted by Crippen LogP contribution is 2.40. The van der Waals surface area contributed by atoms with Crippen LogP contribution in [0.25, 0.3) is 17.0 Å². The van der Waals surface area contributed by atoms with Gasteiger partial charge in [-0.1, -0.05) is 24.3 Å². The number of methoxy groups -OCH3 is 1. The molecule has 11 nitrogen and oxygen atoms in total. The van der Waals surface area contributed by atoms with Crippen LogP contribution in [-0.2, 0) is 26.9 Å². The third-order valence-electron chi connectivity index (χ3n) is 7.37. The maximum absolute atomic E-state index is 13.6. The van der Waals surface area contributed by atoms with Crippen LogP contribution in [0.5, 0.6) is 5.75 Å². The van der Waals surface area contributed by atoms with Gasteiger partial charge in [-0.3, -0.25) is 0 Å². The molecule has 0 atom stereocenters. The highest BCUT2D eigenvalue weighted by molar-refractivity contribution is 6.00. The number of amides is 1. The number of aromatic nitrogens is 2. The van der Waals surface area contributed by atoms with Crippen molar-refractivity contribution in [1.82, 2.24) is 15.1 Å². The molecule has 0 saturated heterocycles. The molecule has 4 aromatic rings. The first-order chi connectivity index (χ1) is 23.9. The Morgan fingerprint density at radius 1 is 0.843 bits per heavy atom. The maximum Gasteiger partial charge on any atom is 0.515 e. The fourth-order valence-electron chi connectivity index (χ4n) is 5.18. The molecule has 5 rings (SSSR count). The second kappa shape index (κ2) is 14.4. The number of nitrogens with zero attached hydrogens (tertiary/aromatic N) is 4. The van der Waals surface area contributed by atoms with Crippen molar-refractivity contribution < 1.29 is 46.1 Å². The normalized spacial score (nSPS) is 13.6. The summed E-state index contributed by atoms with van der Waals surface area (Å²) in [7, 11) is 1.58. The third-order valence-corrected chi connectivity index (χ3v) is 7.37. The smallest absolute Gasteiger partial charge is 0.497 e. The Kier molecular flexibility index (Phi) is 10.4. The summed E-state index contributed by atoms with van der Waals surface area (Å²) in [6, 6.07) is 18.2. The van der Waals surface area contributed by atoms with E-state index in [-0.39, 0.29) is 29.0 Å². The Balaban J connectivity index is 1.54.